The second kappa shape index (κ2) is 4.70. The van der Waals surface area contributed by atoms with Gasteiger partial charge in [-0.15, -0.1) is 0 Å². The molecule has 0 spiro atoms. The first-order valence-electron chi connectivity index (χ1n) is 5.44. The van der Waals surface area contributed by atoms with Crippen LogP contribution in [-0.4, -0.2) is 17.8 Å². The molecule has 1 fully saturated rings. The van der Waals surface area contributed by atoms with E-state index in [1.165, 1.54) is 6.07 Å². The molecule has 0 aromatic heterocycles. The number of hydrogen-bond donors (Lipinski definition) is 2. The molecule has 4 heteroatoms. The van der Waals surface area contributed by atoms with Crippen molar-refractivity contribution in [3.63, 3.8) is 0 Å². The van der Waals surface area contributed by atoms with Crippen molar-refractivity contribution in [2.24, 2.45) is 0 Å². The van der Waals surface area contributed by atoms with Gasteiger partial charge < -0.3 is 10.4 Å². The summed E-state index contributed by atoms with van der Waals surface area (Å²) < 4.78 is 13.4. The average molecular weight is 244 g/mol. The smallest absolute Gasteiger partial charge is 0.126 e. The van der Waals surface area contributed by atoms with Crippen LogP contribution in [0.5, 0.6) is 0 Å². The predicted molar refractivity (Wildman–Crippen MR) is 62.1 cm³/mol. The summed E-state index contributed by atoms with van der Waals surface area (Å²) in [6.07, 6.45) is 2.23. The molecular weight excluding hydrogens is 229 g/mol. The summed E-state index contributed by atoms with van der Waals surface area (Å²) >= 11 is 6.06. The van der Waals surface area contributed by atoms with Gasteiger partial charge in [0.2, 0.25) is 0 Å². The Bertz CT molecular complexity index is 393. The molecular formula is C12H15ClFNO. The van der Waals surface area contributed by atoms with Gasteiger partial charge in [0.15, 0.2) is 0 Å². The fourth-order valence-electron chi connectivity index (χ4n) is 1.70. The molecule has 0 aliphatic heterocycles. The Morgan fingerprint density at radius 1 is 1.56 bits per heavy atom. The van der Waals surface area contributed by atoms with E-state index in [0.717, 1.165) is 12.8 Å². The Labute approximate surface area is 99.4 Å². The second-order valence-corrected chi connectivity index (χ2v) is 4.71. The van der Waals surface area contributed by atoms with E-state index >= 15 is 0 Å². The van der Waals surface area contributed by atoms with Crippen LogP contribution in [0.3, 0.4) is 0 Å². The van der Waals surface area contributed by atoms with Gasteiger partial charge in [0.05, 0.1) is 12.6 Å². The maximum Gasteiger partial charge on any atom is 0.126 e. The van der Waals surface area contributed by atoms with E-state index in [0.29, 0.717) is 22.2 Å². The van der Waals surface area contributed by atoms with E-state index < -0.39 is 0 Å². The van der Waals surface area contributed by atoms with Crippen molar-refractivity contribution in [2.75, 3.05) is 6.61 Å². The molecule has 2 rings (SSSR count). The normalized spacial score (nSPS) is 17.5. The number of nitrogens with one attached hydrogen (secondary N) is 1. The van der Waals surface area contributed by atoms with Gasteiger partial charge in [0.25, 0.3) is 0 Å². The summed E-state index contributed by atoms with van der Waals surface area (Å²) in [5, 5.41) is 13.0. The minimum atomic E-state index is -0.282. The summed E-state index contributed by atoms with van der Waals surface area (Å²) in [5.74, 6) is -0.282. The lowest BCUT2D eigenvalue weighted by Crippen LogP contribution is -2.26. The van der Waals surface area contributed by atoms with Gasteiger partial charge >= 0.3 is 0 Å². The van der Waals surface area contributed by atoms with E-state index in [1.807, 2.05) is 0 Å². The quantitative estimate of drug-likeness (QED) is 0.852. The number of halogens is 2. The van der Waals surface area contributed by atoms with Gasteiger partial charge in [-0.3, -0.25) is 0 Å². The molecule has 1 saturated carbocycles. The SMILES string of the molecule is Cc1cc(Cl)c(C(CO)NC2CC2)cc1F. The number of hydrogen-bond acceptors (Lipinski definition) is 2. The van der Waals surface area contributed by atoms with E-state index in [-0.39, 0.29) is 18.5 Å². The zero-order valence-electron chi connectivity index (χ0n) is 9.13. The first-order chi connectivity index (χ1) is 7.61. The third-order valence-corrected chi connectivity index (χ3v) is 3.18. The van der Waals surface area contributed by atoms with Crippen molar-refractivity contribution < 1.29 is 9.50 Å². The fourth-order valence-corrected chi connectivity index (χ4v) is 2.05. The van der Waals surface area contributed by atoms with Crippen LogP contribution in [0.25, 0.3) is 0 Å². The van der Waals surface area contributed by atoms with Crippen molar-refractivity contribution in [2.45, 2.75) is 31.8 Å². The molecule has 1 aliphatic rings. The molecule has 1 atom stereocenters. The van der Waals surface area contributed by atoms with Gasteiger partial charge in [-0.05, 0) is 43.0 Å². The fraction of sp³-hybridized carbons (Fsp3) is 0.500. The van der Waals surface area contributed by atoms with E-state index in [1.54, 1.807) is 13.0 Å². The molecule has 0 radical (unpaired) electrons. The van der Waals surface area contributed by atoms with E-state index in [4.69, 9.17) is 11.6 Å². The summed E-state index contributed by atoms with van der Waals surface area (Å²) in [6, 6.07) is 3.19. The van der Waals surface area contributed by atoms with Crippen LogP contribution in [0.4, 0.5) is 4.39 Å². The lowest BCUT2D eigenvalue weighted by atomic mass is 10.0. The molecule has 1 aliphatic carbocycles. The molecule has 0 heterocycles. The maximum atomic E-state index is 13.4. The molecule has 1 unspecified atom stereocenters. The topological polar surface area (TPSA) is 32.3 Å². The lowest BCUT2D eigenvalue weighted by Gasteiger charge is -2.18. The zero-order valence-corrected chi connectivity index (χ0v) is 9.89. The summed E-state index contributed by atoms with van der Waals surface area (Å²) in [5.41, 5.74) is 1.16. The van der Waals surface area contributed by atoms with Crippen LogP contribution in [0.1, 0.15) is 30.0 Å². The van der Waals surface area contributed by atoms with Crippen LogP contribution >= 0.6 is 11.6 Å². The number of aliphatic hydroxyl groups excluding tert-OH is 1. The standard InChI is InChI=1S/C12H15ClFNO/c1-7-4-10(13)9(5-11(7)14)12(6-16)15-8-2-3-8/h4-5,8,12,15-16H,2-3,6H2,1H3. The minimum Gasteiger partial charge on any atom is -0.394 e. The van der Waals surface area contributed by atoms with Crippen LogP contribution in [0.2, 0.25) is 5.02 Å². The summed E-state index contributed by atoms with van der Waals surface area (Å²) in [4.78, 5) is 0. The molecule has 2 N–H and O–H groups in total. The highest BCUT2D eigenvalue weighted by Gasteiger charge is 2.26. The highest BCUT2D eigenvalue weighted by molar-refractivity contribution is 6.31. The third kappa shape index (κ3) is 2.54. The van der Waals surface area contributed by atoms with Crippen LogP contribution in [-0.2, 0) is 0 Å². The molecule has 1 aromatic rings. The van der Waals surface area contributed by atoms with Crippen molar-refractivity contribution in [3.8, 4) is 0 Å². The first kappa shape index (κ1) is 11.8. The Morgan fingerprint density at radius 2 is 2.25 bits per heavy atom. The number of aryl methyl sites for hydroxylation is 1. The summed E-state index contributed by atoms with van der Waals surface area (Å²) in [6.45, 7) is 1.60. The highest BCUT2D eigenvalue weighted by Crippen LogP contribution is 2.29. The van der Waals surface area contributed by atoms with Crippen LogP contribution in [0, 0.1) is 12.7 Å². The second-order valence-electron chi connectivity index (χ2n) is 4.30. The van der Waals surface area contributed by atoms with Crippen molar-refractivity contribution in [1.29, 1.82) is 0 Å². The Morgan fingerprint density at radius 3 is 2.81 bits per heavy atom. The van der Waals surface area contributed by atoms with Gasteiger partial charge in [0.1, 0.15) is 5.82 Å². The number of rotatable bonds is 4. The zero-order chi connectivity index (χ0) is 11.7. The van der Waals surface area contributed by atoms with Crippen LogP contribution in [0.15, 0.2) is 12.1 Å². The van der Waals surface area contributed by atoms with Gasteiger partial charge in [-0.25, -0.2) is 4.39 Å². The van der Waals surface area contributed by atoms with Gasteiger partial charge in [-0.1, -0.05) is 11.6 Å². The molecule has 88 valence electrons. The minimum absolute atomic E-state index is 0.0707. The van der Waals surface area contributed by atoms with Gasteiger partial charge in [0, 0.05) is 11.1 Å². The molecule has 0 bridgehead atoms. The van der Waals surface area contributed by atoms with Crippen molar-refractivity contribution in [3.05, 3.63) is 34.1 Å². The summed E-state index contributed by atoms with van der Waals surface area (Å²) in [7, 11) is 0. The molecule has 2 nitrogen and oxygen atoms in total. The van der Waals surface area contributed by atoms with E-state index in [9.17, 15) is 9.50 Å². The lowest BCUT2D eigenvalue weighted by molar-refractivity contribution is 0.243. The largest absolute Gasteiger partial charge is 0.394 e. The van der Waals surface area contributed by atoms with Crippen molar-refractivity contribution in [1.82, 2.24) is 5.32 Å². The Balaban J connectivity index is 2.25. The van der Waals surface area contributed by atoms with Crippen LogP contribution < -0.4 is 5.32 Å². The van der Waals surface area contributed by atoms with Crippen molar-refractivity contribution >= 4 is 11.6 Å². The Kier molecular flexibility index (Phi) is 3.47. The highest BCUT2D eigenvalue weighted by atomic mass is 35.5. The molecule has 16 heavy (non-hydrogen) atoms. The maximum absolute atomic E-state index is 13.4. The molecule has 0 saturated heterocycles. The first-order valence-corrected chi connectivity index (χ1v) is 5.82. The predicted octanol–water partition coefficient (Wildman–Crippen LogP) is 2.57. The average Bonchev–Trinajstić information content (AvgIpc) is 3.04. The number of aliphatic hydroxyl groups is 1. The monoisotopic (exact) mass is 243 g/mol. The number of benzene rings is 1. The molecule has 0 amide bonds. The van der Waals surface area contributed by atoms with E-state index in [2.05, 4.69) is 5.32 Å². The molecule has 1 aromatic carbocycles. The Hall–Kier alpha value is -0.640. The third-order valence-electron chi connectivity index (χ3n) is 2.85. The van der Waals surface area contributed by atoms with Gasteiger partial charge in [-0.2, -0.15) is 0 Å².